The Morgan fingerprint density at radius 2 is 1.84 bits per heavy atom. The van der Waals surface area contributed by atoms with Crippen molar-refractivity contribution in [3.8, 4) is 10.4 Å². The van der Waals surface area contributed by atoms with Gasteiger partial charge in [0.05, 0.1) is 5.69 Å². The molecule has 1 heterocycles. The van der Waals surface area contributed by atoms with Crippen molar-refractivity contribution in [1.82, 2.24) is 5.32 Å². The zero-order valence-electron chi connectivity index (χ0n) is 18.7. The lowest BCUT2D eigenvalue weighted by Gasteiger charge is -2.16. The Labute approximate surface area is 189 Å². The van der Waals surface area contributed by atoms with Crippen molar-refractivity contribution in [2.24, 2.45) is 0 Å². The topological polar surface area (TPSA) is 78.9 Å². The number of rotatable bonds is 13. The number of aliphatic carboxylic acids is 1. The van der Waals surface area contributed by atoms with Crippen LogP contribution in [-0.4, -0.2) is 43.4 Å². The van der Waals surface area contributed by atoms with Crippen LogP contribution in [0.2, 0.25) is 0 Å². The summed E-state index contributed by atoms with van der Waals surface area (Å²) in [7, 11) is 1.78. The first-order chi connectivity index (χ1) is 15.0. The predicted octanol–water partition coefficient (Wildman–Crippen LogP) is 5.56. The van der Waals surface area contributed by atoms with Gasteiger partial charge in [-0.25, -0.2) is 9.59 Å². The SMILES string of the molecule is CCCCCCCNC(=O)N(C)c1csc(-c2ccc(CC(OCC)C(=O)O)cc2)c1. The van der Waals surface area contributed by atoms with E-state index in [0.717, 1.165) is 34.5 Å². The third-order valence-electron chi connectivity index (χ3n) is 5.14. The van der Waals surface area contributed by atoms with E-state index in [1.54, 1.807) is 30.2 Å². The molecular formula is C24H34N2O4S. The summed E-state index contributed by atoms with van der Waals surface area (Å²) in [6.07, 6.45) is 5.34. The molecule has 1 aromatic carbocycles. The Kier molecular flexibility index (Phi) is 10.5. The molecule has 0 aliphatic carbocycles. The number of thiophene rings is 1. The summed E-state index contributed by atoms with van der Waals surface area (Å²) in [5, 5.41) is 14.2. The first-order valence-electron chi connectivity index (χ1n) is 11.0. The highest BCUT2D eigenvalue weighted by Crippen LogP contribution is 2.31. The molecule has 2 rings (SSSR count). The van der Waals surface area contributed by atoms with Crippen LogP contribution < -0.4 is 10.2 Å². The number of carbonyl (C=O) groups excluding carboxylic acids is 1. The fourth-order valence-electron chi connectivity index (χ4n) is 3.25. The van der Waals surface area contributed by atoms with Gasteiger partial charge in [-0.1, -0.05) is 56.9 Å². The van der Waals surface area contributed by atoms with Crippen molar-refractivity contribution >= 4 is 29.0 Å². The quantitative estimate of drug-likeness (QED) is 0.395. The Morgan fingerprint density at radius 3 is 2.48 bits per heavy atom. The summed E-state index contributed by atoms with van der Waals surface area (Å²) in [4.78, 5) is 26.4. The number of benzene rings is 1. The normalized spacial score (nSPS) is 11.8. The minimum Gasteiger partial charge on any atom is -0.479 e. The lowest BCUT2D eigenvalue weighted by molar-refractivity contribution is -0.149. The smallest absolute Gasteiger partial charge is 0.333 e. The average Bonchev–Trinajstić information content (AvgIpc) is 3.25. The van der Waals surface area contributed by atoms with Gasteiger partial charge in [-0.2, -0.15) is 0 Å². The van der Waals surface area contributed by atoms with Gasteiger partial charge in [-0.15, -0.1) is 11.3 Å². The molecule has 0 spiro atoms. The number of carboxylic acid groups (broad SMARTS) is 1. The van der Waals surface area contributed by atoms with Gasteiger partial charge in [0.25, 0.3) is 0 Å². The molecule has 0 fully saturated rings. The number of urea groups is 1. The molecule has 7 heteroatoms. The van der Waals surface area contributed by atoms with Gasteiger partial charge in [0.15, 0.2) is 6.10 Å². The molecule has 1 atom stereocenters. The van der Waals surface area contributed by atoms with Crippen LogP contribution in [0, 0.1) is 0 Å². The van der Waals surface area contributed by atoms with Gasteiger partial charge in [0, 0.05) is 36.9 Å². The highest BCUT2D eigenvalue weighted by molar-refractivity contribution is 7.14. The van der Waals surface area contributed by atoms with E-state index >= 15 is 0 Å². The van der Waals surface area contributed by atoms with Crippen LogP contribution in [0.15, 0.2) is 35.7 Å². The number of unbranched alkanes of at least 4 members (excludes halogenated alkanes) is 4. The summed E-state index contributed by atoms with van der Waals surface area (Å²) >= 11 is 1.58. The monoisotopic (exact) mass is 446 g/mol. The molecular weight excluding hydrogens is 412 g/mol. The highest BCUT2D eigenvalue weighted by Gasteiger charge is 2.18. The van der Waals surface area contributed by atoms with Crippen molar-refractivity contribution < 1.29 is 19.4 Å². The molecule has 0 saturated carbocycles. The number of carbonyl (C=O) groups is 2. The van der Waals surface area contributed by atoms with Crippen LogP contribution >= 0.6 is 11.3 Å². The van der Waals surface area contributed by atoms with E-state index in [1.165, 1.54) is 19.3 Å². The molecule has 0 bridgehead atoms. The van der Waals surface area contributed by atoms with Gasteiger partial charge < -0.3 is 15.2 Å². The van der Waals surface area contributed by atoms with Crippen LogP contribution in [0.3, 0.4) is 0 Å². The molecule has 0 aliphatic rings. The molecule has 2 N–H and O–H groups in total. The van der Waals surface area contributed by atoms with Crippen LogP contribution in [0.1, 0.15) is 51.5 Å². The number of nitrogens with zero attached hydrogens (tertiary/aromatic N) is 1. The highest BCUT2D eigenvalue weighted by atomic mass is 32.1. The van der Waals surface area contributed by atoms with Crippen LogP contribution in [0.4, 0.5) is 10.5 Å². The Balaban J connectivity index is 1.91. The molecule has 0 aliphatic heterocycles. The first kappa shape index (κ1) is 24.9. The van der Waals surface area contributed by atoms with Gasteiger partial charge in [0.1, 0.15) is 0 Å². The van der Waals surface area contributed by atoms with Gasteiger partial charge in [0.2, 0.25) is 0 Å². The number of amides is 2. The van der Waals surface area contributed by atoms with Crippen LogP contribution in [0.25, 0.3) is 10.4 Å². The second kappa shape index (κ2) is 13.1. The number of hydrogen-bond donors (Lipinski definition) is 2. The van der Waals surface area contributed by atoms with Crippen LogP contribution in [-0.2, 0) is 16.0 Å². The van der Waals surface area contributed by atoms with Crippen molar-refractivity contribution in [3.05, 3.63) is 41.3 Å². The van der Waals surface area contributed by atoms with Crippen molar-refractivity contribution in [1.29, 1.82) is 0 Å². The maximum Gasteiger partial charge on any atom is 0.333 e. The van der Waals surface area contributed by atoms with E-state index in [0.29, 0.717) is 19.6 Å². The molecule has 2 amide bonds. The van der Waals surface area contributed by atoms with E-state index in [1.807, 2.05) is 35.7 Å². The van der Waals surface area contributed by atoms with Gasteiger partial charge in [-0.05, 0) is 30.5 Å². The zero-order valence-corrected chi connectivity index (χ0v) is 19.5. The Bertz CT molecular complexity index is 819. The van der Waals surface area contributed by atoms with E-state index in [4.69, 9.17) is 4.74 Å². The van der Waals surface area contributed by atoms with Crippen molar-refractivity contribution in [2.75, 3.05) is 25.1 Å². The van der Waals surface area contributed by atoms with E-state index in [2.05, 4.69) is 12.2 Å². The zero-order chi connectivity index (χ0) is 22.6. The van der Waals surface area contributed by atoms with E-state index in [9.17, 15) is 14.7 Å². The molecule has 1 aromatic heterocycles. The Hall–Kier alpha value is -2.38. The second-order valence-corrected chi connectivity index (χ2v) is 8.47. The lowest BCUT2D eigenvalue weighted by atomic mass is 10.0. The molecule has 2 aromatic rings. The number of ether oxygens (including phenoxy) is 1. The number of hydrogen-bond acceptors (Lipinski definition) is 4. The summed E-state index contributed by atoms with van der Waals surface area (Å²) < 4.78 is 5.29. The predicted molar refractivity (Wildman–Crippen MR) is 127 cm³/mol. The number of nitrogens with one attached hydrogen (secondary N) is 1. The first-order valence-corrected chi connectivity index (χ1v) is 11.9. The fraction of sp³-hybridized carbons (Fsp3) is 0.500. The lowest BCUT2D eigenvalue weighted by Crippen LogP contribution is -2.37. The third kappa shape index (κ3) is 7.99. The largest absolute Gasteiger partial charge is 0.479 e. The maximum absolute atomic E-state index is 12.4. The second-order valence-electron chi connectivity index (χ2n) is 7.56. The third-order valence-corrected chi connectivity index (χ3v) is 6.10. The molecule has 31 heavy (non-hydrogen) atoms. The molecule has 0 saturated heterocycles. The van der Waals surface area contributed by atoms with Gasteiger partial charge in [-0.3, -0.25) is 4.90 Å². The van der Waals surface area contributed by atoms with Gasteiger partial charge >= 0.3 is 12.0 Å². The van der Waals surface area contributed by atoms with E-state index in [-0.39, 0.29) is 6.03 Å². The van der Waals surface area contributed by atoms with Crippen molar-refractivity contribution in [2.45, 2.75) is 58.5 Å². The molecule has 170 valence electrons. The summed E-state index contributed by atoms with van der Waals surface area (Å²) in [5.41, 5.74) is 2.81. The summed E-state index contributed by atoms with van der Waals surface area (Å²) in [6.45, 7) is 5.05. The average molecular weight is 447 g/mol. The summed E-state index contributed by atoms with van der Waals surface area (Å²) in [5.74, 6) is -0.948. The van der Waals surface area contributed by atoms with Crippen molar-refractivity contribution in [3.63, 3.8) is 0 Å². The van der Waals surface area contributed by atoms with Crippen LogP contribution in [0.5, 0.6) is 0 Å². The number of carboxylic acids is 1. The number of anilines is 1. The summed E-state index contributed by atoms with van der Waals surface area (Å²) in [6, 6.07) is 9.72. The minimum atomic E-state index is -0.948. The standard InChI is InChI=1S/C24H34N2O4S/c1-4-6-7-8-9-14-25-24(29)26(3)20-16-22(31-17-20)19-12-10-18(11-13-19)15-21(23(27)28)30-5-2/h10-13,16-17,21H,4-9,14-15H2,1-3H3,(H,25,29)(H,27,28). The molecule has 0 radical (unpaired) electrons. The Morgan fingerprint density at radius 1 is 1.13 bits per heavy atom. The molecule has 1 unspecified atom stereocenters. The fourth-order valence-corrected chi connectivity index (χ4v) is 4.19. The maximum atomic E-state index is 12.4. The minimum absolute atomic E-state index is 0.0918. The molecule has 6 nitrogen and oxygen atoms in total. The van der Waals surface area contributed by atoms with E-state index < -0.39 is 12.1 Å².